The molecule has 1 aliphatic rings. The number of ether oxygens (including phenoxy) is 1. The van der Waals surface area contributed by atoms with Gasteiger partial charge in [0, 0.05) is 27.2 Å². The van der Waals surface area contributed by atoms with E-state index >= 15 is 0 Å². The van der Waals surface area contributed by atoms with E-state index < -0.39 is 34.0 Å². The number of halogens is 1. The Morgan fingerprint density at radius 1 is 1.25 bits per heavy atom. The van der Waals surface area contributed by atoms with Crippen molar-refractivity contribution in [2.75, 3.05) is 33.8 Å². The predicted octanol–water partition coefficient (Wildman–Crippen LogP) is 0.855. The lowest BCUT2D eigenvalue weighted by Gasteiger charge is -2.15. The van der Waals surface area contributed by atoms with Crippen LogP contribution in [0.3, 0.4) is 0 Å². The second kappa shape index (κ2) is 7.27. The van der Waals surface area contributed by atoms with Crippen LogP contribution in [0.1, 0.15) is 23.2 Å². The fourth-order valence-corrected chi connectivity index (χ4v) is 3.22. The Morgan fingerprint density at radius 2 is 1.88 bits per heavy atom. The highest BCUT2D eigenvalue weighted by Crippen LogP contribution is 2.18. The minimum Gasteiger partial charge on any atom is -0.452 e. The van der Waals surface area contributed by atoms with Crippen LogP contribution in [-0.2, 0) is 19.6 Å². The molecule has 24 heavy (non-hydrogen) atoms. The van der Waals surface area contributed by atoms with E-state index in [9.17, 15) is 22.4 Å². The number of sulfonamides is 1. The van der Waals surface area contributed by atoms with Gasteiger partial charge in [-0.3, -0.25) is 4.79 Å². The van der Waals surface area contributed by atoms with Crippen molar-refractivity contribution >= 4 is 21.9 Å². The maximum absolute atomic E-state index is 13.8. The lowest BCUT2D eigenvalue weighted by Crippen LogP contribution is -2.32. The molecule has 1 aromatic rings. The maximum atomic E-state index is 13.8. The van der Waals surface area contributed by atoms with E-state index in [2.05, 4.69) is 0 Å². The summed E-state index contributed by atoms with van der Waals surface area (Å²) >= 11 is 0. The van der Waals surface area contributed by atoms with E-state index in [0.717, 1.165) is 35.3 Å². The first-order valence-corrected chi connectivity index (χ1v) is 8.84. The van der Waals surface area contributed by atoms with Crippen LogP contribution in [0.5, 0.6) is 0 Å². The van der Waals surface area contributed by atoms with Gasteiger partial charge in [0.15, 0.2) is 6.61 Å². The molecule has 1 fully saturated rings. The molecule has 7 nitrogen and oxygen atoms in total. The molecule has 0 N–H and O–H groups in total. The normalized spacial score (nSPS) is 14.9. The molecule has 1 amide bonds. The van der Waals surface area contributed by atoms with Crippen LogP contribution in [0.2, 0.25) is 0 Å². The van der Waals surface area contributed by atoms with Gasteiger partial charge in [0.2, 0.25) is 10.0 Å². The van der Waals surface area contributed by atoms with Gasteiger partial charge >= 0.3 is 5.97 Å². The van der Waals surface area contributed by atoms with Crippen molar-refractivity contribution in [3.63, 3.8) is 0 Å². The second-order valence-corrected chi connectivity index (χ2v) is 7.74. The molecule has 0 bridgehead atoms. The number of benzene rings is 1. The highest BCUT2D eigenvalue weighted by molar-refractivity contribution is 7.89. The standard InChI is InChI=1S/C15H19FN2O5S/c1-17(2)24(21,22)11-5-6-13(16)12(9-11)15(20)23-10-14(19)18-7-3-4-8-18/h5-6,9H,3-4,7-8,10H2,1-2H3. The smallest absolute Gasteiger partial charge is 0.341 e. The average Bonchev–Trinajstić information content (AvgIpc) is 3.06. The third-order valence-corrected chi connectivity index (χ3v) is 5.53. The number of nitrogens with zero attached hydrogens (tertiary/aromatic N) is 2. The van der Waals surface area contributed by atoms with Crippen molar-refractivity contribution in [3.8, 4) is 0 Å². The highest BCUT2D eigenvalue weighted by atomic mass is 32.2. The van der Waals surface area contributed by atoms with Crippen molar-refractivity contribution in [2.45, 2.75) is 17.7 Å². The van der Waals surface area contributed by atoms with Gasteiger partial charge < -0.3 is 9.64 Å². The van der Waals surface area contributed by atoms with Gasteiger partial charge in [-0.2, -0.15) is 0 Å². The Bertz CT molecular complexity index is 742. The summed E-state index contributed by atoms with van der Waals surface area (Å²) in [7, 11) is -1.16. The number of esters is 1. The van der Waals surface area contributed by atoms with Crippen molar-refractivity contribution in [2.24, 2.45) is 0 Å². The van der Waals surface area contributed by atoms with Crippen molar-refractivity contribution in [3.05, 3.63) is 29.6 Å². The third-order valence-electron chi connectivity index (χ3n) is 3.72. The summed E-state index contributed by atoms with van der Waals surface area (Å²) in [6.45, 7) is 0.728. The lowest BCUT2D eigenvalue weighted by atomic mass is 10.2. The summed E-state index contributed by atoms with van der Waals surface area (Å²) in [5, 5.41) is 0. The SMILES string of the molecule is CN(C)S(=O)(=O)c1ccc(F)c(C(=O)OCC(=O)N2CCCC2)c1. The molecular weight excluding hydrogens is 339 g/mol. The molecule has 132 valence electrons. The highest BCUT2D eigenvalue weighted by Gasteiger charge is 2.24. The van der Waals surface area contributed by atoms with Gasteiger partial charge in [-0.15, -0.1) is 0 Å². The van der Waals surface area contributed by atoms with Crippen molar-refractivity contribution in [1.29, 1.82) is 0 Å². The summed E-state index contributed by atoms with van der Waals surface area (Å²) in [5.74, 6) is -2.33. The van der Waals surface area contributed by atoms with Crippen molar-refractivity contribution < 1.29 is 27.1 Å². The maximum Gasteiger partial charge on any atom is 0.341 e. The molecule has 1 heterocycles. The zero-order chi connectivity index (χ0) is 17.9. The molecule has 0 atom stereocenters. The minimum atomic E-state index is -3.81. The van der Waals surface area contributed by atoms with E-state index in [1.54, 1.807) is 4.90 Å². The Hall–Kier alpha value is -2.00. The number of rotatable bonds is 5. The topological polar surface area (TPSA) is 84.0 Å². The largest absolute Gasteiger partial charge is 0.452 e. The number of hydrogen-bond donors (Lipinski definition) is 0. The van der Waals surface area contributed by atoms with E-state index in [0.29, 0.717) is 13.1 Å². The zero-order valence-electron chi connectivity index (χ0n) is 13.5. The molecule has 1 saturated heterocycles. The molecule has 0 spiro atoms. The van der Waals surface area contributed by atoms with Crippen LogP contribution < -0.4 is 0 Å². The first-order valence-electron chi connectivity index (χ1n) is 7.40. The Kier molecular flexibility index (Phi) is 5.55. The molecule has 1 aliphatic heterocycles. The fourth-order valence-electron chi connectivity index (χ4n) is 2.29. The zero-order valence-corrected chi connectivity index (χ0v) is 14.3. The quantitative estimate of drug-likeness (QED) is 0.729. The predicted molar refractivity (Wildman–Crippen MR) is 83.4 cm³/mol. The number of amides is 1. The summed E-state index contributed by atoms with van der Waals surface area (Å²) in [5.41, 5.74) is -0.521. The molecule has 0 unspecified atom stereocenters. The van der Waals surface area contributed by atoms with E-state index in [-0.39, 0.29) is 10.8 Å². The van der Waals surface area contributed by atoms with Crippen LogP contribution in [0.4, 0.5) is 4.39 Å². The molecule has 0 aliphatic carbocycles. The van der Waals surface area contributed by atoms with Gasteiger partial charge in [-0.1, -0.05) is 0 Å². The van der Waals surface area contributed by atoms with Crippen LogP contribution >= 0.6 is 0 Å². The van der Waals surface area contributed by atoms with Gasteiger partial charge in [0.25, 0.3) is 5.91 Å². The molecule has 0 radical (unpaired) electrons. The number of hydrogen-bond acceptors (Lipinski definition) is 5. The Morgan fingerprint density at radius 3 is 2.46 bits per heavy atom. The molecule has 9 heteroatoms. The summed E-state index contributed by atoms with van der Waals surface area (Å²) in [6.07, 6.45) is 1.80. The van der Waals surface area contributed by atoms with Gasteiger partial charge in [0.05, 0.1) is 10.5 Å². The van der Waals surface area contributed by atoms with Crippen LogP contribution in [0.15, 0.2) is 23.1 Å². The summed E-state index contributed by atoms with van der Waals surface area (Å²) < 4.78 is 43.7. The van der Waals surface area contributed by atoms with Crippen molar-refractivity contribution in [1.82, 2.24) is 9.21 Å². The second-order valence-electron chi connectivity index (χ2n) is 5.59. The monoisotopic (exact) mass is 358 g/mol. The van der Waals surface area contributed by atoms with Gasteiger partial charge in [-0.05, 0) is 31.0 Å². The molecular formula is C15H19FN2O5S. The van der Waals surface area contributed by atoms with Crippen LogP contribution in [0, 0.1) is 5.82 Å². The molecule has 0 saturated carbocycles. The molecule has 1 aromatic carbocycles. The lowest BCUT2D eigenvalue weighted by molar-refractivity contribution is -0.133. The fraction of sp³-hybridized carbons (Fsp3) is 0.467. The number of carbonyl (C=O) groups is 2. The Balaban J connectivity index is 2.12. The minimum absolute atomic E-state index is 0.230. The first-order chi connectivity index (χ1) is 11.2. The number of likely N-dealkylation sites (tertiary alicyclic amines) is 1. The van der Waals surface area contributed by atoms with E-state index in [1.165, 1.54) is 14.1 Å². The summed E-state index contributed by atoms with van der Waals surface area (Å²) in [4.78, 5) is 25.2. The molecule has 0 aromatic heterocycles. The average molecular weight is 358 g/mol. The summed E-state index contributed by atoms with van der Waals surface area (Å²) in [6, 6.07) is 2.86. The molecule has 2 rings (SSSR count). The van der Waals surface area contributed by atoms with Gasteiger partial charge in [-0.25, -0.2) is 21.9 Å². The number of carbonyl (C=O) groups excluding carboxylic acids is 2. The first kappa shape index (κ1) is 18.3. The van der Waals surface area contributed by atoms with Crippen LogP contribution in [0.25, 0.3) is 0 Å². The van der Waals surface area contributed by atoms with E-state index in [4.69, 9.17) is 4.74 Å². The third kappa shape index (κ3) is 3.90. The van der Waals surface area contributed by atoms with E-state index in [1.807, 2.05) is 0 Å². The van der Waals surface area contributed by atoms with Crippen LogP contribution in [-0.4, -0.2) is 63.3 Å². The van der Waals surface area contributed by atoms with Gasteiger partial charge in [0.1, 0.15) is 5.82 Å². The Labute approximate surface area is 140 Å².